The topological polar surface area (TPSA) is 87.9 Å². The van der Waals surface area contributed by atoms with Gasteiger partial charge in [0.2, 0.25) is 5.76 Å². The Morgan fingerprint density at radius 3 is 2.83 bits per heavy atom. The highest BCUT2D eigenvalue weighted by molar-refractivity contribution is 5.91. The molecule has 0 bridgehead atoms. The lowest BCUT2D eigenvalue weighted by molar-refractivity contribution is 0.0753. The molecule has 2 aromatic rings. The van der Waals surface area contributed by atoms with Gasteiger partial charge < -0.3 is 9.32 Å². The molecule has 2 saturated carbocycles. The van der Waals surface area contributed by atoms with Gasteiger partial charge in [0, 0.05) is 24.9 Å². The van der Waals surface area contributed by atoms with Gasteiger partial charge in [0.15, 0.2) is 12.2 Å². The fourth-order valence-electron chi connectivity index (χ4n) is 3.74. The summed E-state index contributed by atoms with van der Waals surface area (Å²) in [7, 11) is 0. The Bertz CT molecular complexity index is 717. The molecule has 7 nitrogen and oxygen atoms in total. The quantitative estimate of drug-likeness (QED) is 0.932. The molecule has 2 aromatic heterocycles. The molecule has 7 heteroatoms. The van der Waals surface area contributed by atoms with E-state index in [-0.39, 0.29) is 11.8 Å². The van der Waals surface area contributed by atoms with Crippen LogP contribution in [-0.2, 0) is 0 Å². The van der Waals surface area contributed by atoms with Crippen molar-refractivity contribution in [2.24, 2.45) is 11.8 Å². The Kier molecular flexibility index (Phi) is 2.83. The fourth-order valence-corrected chi connectivity index (χ4v) is 3.74. The van der Waals surface area contributed by atoms with Gasteiger partial charge in [-0.15, -0.1) is 0 Å². The minimum Gasteiger partial charge on any atom is -0.438 e. The maximum Gasteiger partial charge on any atom is 0.291 e. The van der Waals surface area contributed by atoms with Crippen LogP contribution in [0.5, 0.6) is 0 Å². The van der Waals surface area contributed by atoms with E-state index in [1.807, 2.05) is 4.90 Å². The smallest absolute Gasteiger partial charge is 0.291 e. The monoisotopic (exact) mass is 313 g/mol. The largest absolute Gasteiger partial charge is 0.438 e. The number of hydrogen-bond acceptors (Lipinski definition) is 5. The van der Waals surface area contributed by atoms with E-state index in [1.165, 1.54) is 38.3 Å². The van der Waals surface area contributed by atoms with Gasteiger partial charge in [0.25, 0.3) is 5.91 Å². The van der Waals surface area contributed by atoms with Crippen LogP contribution in [-0.4, -0.2) is 44.1 Å². The normalized spacial score (nSPS) is 27.6. The number of amides is 1. The first-order valence-electron chi connectivity index (χ1n) is 8.39. The minimum atomic E-state index is -0.0717. The summed E-state index contributed by atoms with van der Waals surface area (Å²) >= 11 is 0. The SMILES string of the molecule is O=C(c1cnco1)N1C[C@H](c2nc(C3CC3)n[nH]2)[C@@H](C2CC2)C1. The maximum atomic E-state index is 12.5. The first-order valence-corrected chi connectivity index (χ1v) is 8.39. The molecule has 0 spiro atoms. The Morgan fingerprint density at radius 2 is 2.13 bits per heavy atom. The van der Waals surface area contributed by atoms with Gasteiger partial charge in [-0.2, -0.15) is 5.10 Å². The van der Waals surface area contributed by atoms with E-state index in [0.717, 1.165) is 18.2 Å². The number of aromatic nitrogens is 4. The van der Waals surface area contributed by atoms with Crippen molar-refractivity contribution in [3.63, 3.8) is 0 Å². The van der Waals surface area contributed by atoms with Crippen LogP contribution in [0.25, 0.3) is 0 Å². The molecule has 1 amide bonds. The predicted octanol–water partition coefficient (Wildman–Crippen LogP) is 1.94. The second kappa shape index (κ2) is 4.91. The summed E-state index contributed by atoms with van der Waals surface area (Å²) in [5.41, 5.74) is 0. The molecule has 2 atom stereocenters. The predicted molar refractivity (Wildman–Crippen MR) is 79.7 cm³/mol. The average Bonchev–Trinajstić information content (AvgIpc) is 3.43. The minimum absolute atomic E-state index is 0.0717. The zero-order valence-corrected chi connectivity index (χ0v) is 12.8. The number of nitrogens with one attached hydrogen (secondary N) is 1. The molecule has 23 heavy (non-hydrogen) atoms. The molecular weight excluding hydrogens is 294 g/mol. The molecule has 0 radical (unpaired) electrons. The number of carbonyl (C=O) groups is 1. The van der Waals surface area contributed by atoms with Crippen LogP contribution in [0, 0.1) is 11.8 Å². The van der Waals surface area contributed by atoms with Crippen molar-refractivity contribution in [1.82, 2.24) is 25.1 Å². The molecule has 1 aliphatic heterocycles. The summed E-state index contributed by atoms with van der Waals surface area (Å²) in [6.07, 6.45) is 7.71. The molecule has 5 rings (SSSR count). The van der Waals surface area contributed by atoms with Crippen LogP contribution < -0.4 is 0 Å². The van der Waals surface area contributed by atoms with Gasteiger partial charge in [0.05, 0.1) is 6.20 Å². The number of oxazole rings is 1. The van der Waals surface area contributed by atoms with Crippen molar-refractivity contribution in [3.05, 3.63) is 30.0 Å². The highest BCUT2D eigenvalue weighted by Gasteiger charge is 2.46. The first kappa shape index (κ1) is 13.3. The zero-order chi connectivity index (χ0) is 15.4. The van der Waals surface area contributed by atoms with Crippen molar-refractivity contribution >= 4 is 5.91 Å². The second-order valence-electron chi connectivity index (χ2n) is 7.04. The van der Waals surface area contributed by atoms with Crippen LogP contribution in [0.3, 0.4) is 0 Å². The van der Waals surface area contributed by atoms with Gasteiger partial charge in [-0.1, -0.05) is 0 Å². The van der Waals surface area contributed by atoms with Gasteiger partial charge >= 0.3 is 0 Å². The number of hydrogen-bond donors (Lipinski definition) is 1. The highest BCUT2D eigenvalue weighted by atomic mass is 16.3. The van der Waals surface area contributed by atoms with Gasteiger partial charge in [0.1, 0.15) is 5.82 Å². The molecule has 0 aromatic carbocycles. The molecule has 0 unspecified atom stereocenters. The molecule has 1 saturated heterocycles. The summed E-state index contributed by atoms with van der Waals surface area (Å²) in [4.78, 5) is 23.0. The Balaban J connectivity index is 1.39. The molecule has 3 heterocycles. The molecule has 2 aliphatic carbocycles. The van der Waals surface area contributed by atoms with Crippen LogP contribution >= 0.6 is 0 Å². The highest BCUT2D eigenvalue weighted by Crippen LogP contribution is 2.47. The number of likely N-dealkylation sites (tertiary alicyclic amines) is 1. The van der Waals surface area contributed by atoms with E-state index in [2.05, 4.69) is 15.2 Å². The lowest BCUT2D eigenvalue weighted by Gasteiger charge is -2.14. The van der Waals surface area contributed by atoms with Gasteiger partial charge in [-0.05, 0) is 37.5 Å². The van der Waals surface area contributed by atoms with Crippen molar-refractivity contribution in [3.8, 4) is 0 Å². The molecule has 3 aliphatic rings. The lowest BCUT2D eigenvalue weighted by Crippen LogP contribution is -2.28. The Labute approximate surface area is 133 Å². The number of carbonyl (C=O) groups excluding carboxylic acids is 1. The summed E-state index contributed by atoms with van der Waals surface area (Å²) < 4.78 is 5.17. The third-order valence-corrected chi connectivity index (χ3v) is 5.34. The molecule has 1 N–H and O–H groups in total. The van der Waals surface area contributed by atoms with E-state index >= 15 is 0 Å². The Morgan fingerprint density at radius 1 is 1.26 bits per heavy atom. The molecular formula is C16H19N5O2. The van der Waals surface area contributed by atoms with Crippen LogP contribution in [0.15, 0.2) is 17.0 Å². The van der Waals surface area contributed by atoms with Crippen LogP contribution in [0.1, 0.15) is 59.7 Å². The van der Waals surface area contributed by atoms with E-state index in [1.54, 1.807) is 0 Å². The van der Waals surface area contributed by atoms with Gasteiger partial charge in [-0.25, -0.2) is 9.97 Å². The first-order chi connectivity index (χ1) is 11.3. The standard InChI is InChI=1S/C16H19N5O2/c22-16(13-5-17-8-23-13)21-6-11(9-1-2-9)12(7-21)15-18-14(19-20-15)10-3-4-10/h5,8-12H,1-4,6-7H2,(H,18,19,20)/t11-,12+/m1/s1. The van der Waals surface area contributed by atoms with E-state index in [0.29, 0.717) is 30.1 Å². The van der Waals surface area contributed by atoms with Crippen molar-refractivity contribution in [2.75, 3.05) is 13.1 Å². The van der Waals surface area contributed by atoms with Gasteiger partial charge in [-0.3, -0.25) is 9.89 Å². The third-order valence-electron chi connectivity index (χ3n) is 5.34. The molecule has 120 valence electrons. The van der Waals surface area contributed by atoms with E-state index in [9.17, 15) is 4.79 Å². The number of nitrogens with zero attached hydrogens (tertiary/aromatic N) is 4. The van der Waals surface area contributed by atoms with E-state index in [4.69, 9.17) is 9.40 Å². The lowest BCUT2D eigenvalue weighted by atomic mass is 9.91. The second-order valence-corrected chi connectivity index (χ2v) is 7.04. The third kappa shape index (κ3) is 2.34. The molecule has 3 fully saturated rings. The van der Waals surface area contributed by atoms with E-state index < -0.39 is 0 Å². The number of rotatable bonds is 4. The van der Waals surface area contributed by atoms with Crippen LogP contribution in [0.2, 0.25) is 0 Å². The number of aromatic amines is 1. The number of H-pyrrole nitrogens is 1. The van der Waals surface area contributed by atoms with Crippen molar-refractivity contribution in [1.29, 1.82) is 0 Å². The summed E-state index contributed by atoms with van der Waals surface area (Å²) in [5, 5.41) is 7.53. The van der Waals surface area contributed by atoms with Crippen molar-refractivity contribution < 1.29 is 9.21 Å². The summed E-state index contributed by atoms with van der Waals surface area (Å²) in [6, 6.07) is 0. The maximum absolute atomic E-state index is 12.5. The van der Waals surface area contributed by atoms with Crippen molar-refractivity contribution in [2.45, 2.75) is 37.5 Å². The fraction of sp³-hybridized carbons (Fsp3) is 0.625. The summed E-state index contributed by atoms with van der Waals surface area (Å²) in [6.45, 7) is 1.45. The zero-order valence-electron chi connectivity index (χ0n) is 12.8. The van der Waals surface area contributed by atoms with Crippen LogP contribution in [0.4, 0.5) is 0 Å². The Hall–Kier alpha value is -2.18. The average molecular weight is 313 g/mol. The summed E-state index contributed by atoms with van der Waals surface area (Å²) in [5.74, 6) is 4.14.